The molecule has 0 bridgehead atoms. The minimum absolute atomic E-state index is 0.112. The van der Waals surface area contributed by atoms with Gasteiger partial charge in [0.15, 0.2) is 0 Å². The summed E-state index contributed by atoms with van der Waals surface area (Å²) < 4.78 is 0. The maximum Gasteiger partial charge on any atom is 0.120 e. The maximum atomic E-state index is 9.70. The third-order valence-corrected chi connectivity index (χ3v) is 3.00. The molecule has 1 fully saturated rings. The fourth-order valence-electron chi connectivity index (χ4n) is 2.07. The Balaban J connectivity index is 1.96. The number of piperazine rings is 1. The van der Waals surface area contributed by atoms with Gasteiger partial charge in [-0.2, -0.15) is 0 Å². The lowest BCUT2D eigenvalue weighted by Crippen LogP contribution is -2.45. The van der Waals surface area contributed by atoms with Crippen LogP contribution in [-0.4, -0.2) is 42.7 Å². The highest BCUT2D eigenvalue weighted by Gasteiger charge is 2.16. The number of benzene rings is 1. The summed E-state index contributed by atoms with van der Waals surface area (Å²) >= 11 is 0. The molecule has 0 saturated carbocycles. The number of aromatic hydroxyl groups is 1. The van der Waals surface area contributed by atoms with Gasteiger partial charge in [-0.3, -0.25) is 4.90 Å². The van der Waals surface area contributed by atoms with Crippen LogP contribution < -0.4 is 11.1 Å². The van der Waals surface area contributed by atoms with E-state index < -0.39 is 0 Å². The molecule has 1 aromatic carbocycles. The summed E-state index contributed by atoms with van der Waals surface area (Å²) in [5.74, 6) is 0.296. The zero-order valence-corrected chi connectivity index (χ0v) is 9.39. The molecule has 0 aliphatic carbocycles. The molecule has 1 aliphatic rings. The number of para-hydroxylation sites is 1. The summed E-state index contributed by atoms with van der Waals surface area (Å²) in [6.07, 6.45) is 0. The van der Waals surface area contributed by atoms with Crippen LogP contribution in [0.1, 0.15) is 11.6 Å². The summed E-state index contributed by atoms with van der Waals surface area (Å²) in [5, 5.41) is 13.0. The van der Waals surface area contributed by atoms with E-state index in [1.807, 2.05) is 18.2 Å². The smallest absolute Gasteiger partial charge is 0.120 e. The van der Waals surface area contributed by atoms with E-state index in [2.05, 4.69) is 10.2 Å². The zero-order valence-electron chi connectivity index (χ0n) is 9.39. The van der Waals surface area contributed by atoms with Gasteiger partial charge in [-0.25, -0.2) is 0 Å². The van der Waals surface area contributed by atoms with Gasteiger partial charge in [0.1, 0.15) is 5.75 Å². The first-order valence-electron chi connectivity index (χ1n) is 5.74. The fourth-order valence-corrected chi connectivity index (χ4v) is 2.07. The number of hydrogen-bond donors (Lipinski definition) is 3. The van der Waals surface area contributed by atoms with Gasteiger partial charge in [0, 0.05) is 44.3 Å². The quantitative estimate of drug-likeness (QED) is 0.687. The Morgan fingerprint density at radius 3 is 2.69 bits per heavy atom. The van der Waals surface area contributed by atoms with Crippen LogP contribution in [0.15, 0.2) is 24.3 Å². The van der Waals surface area contributed by atoms with Crippen molar-refractivity contribution >= 4 is 0 Å². The van der Waals surface area contributed by atoms with Gasteiger partial charge < -0.3 is 16.2 Å². The Morgan fingerprint density at radius 2 is 2.00 bits per heavy atom. The maximum absolute atomic E-state index is 9.70. The third-order valence-electron chi connectivity index (χ3n) is 3.00. The topological polar surface area (TPSA) is 61.5 Å². The Bertz CT molecular complexity index is 337. The van der Waals surface area contributed by atoms with Crippen molar-refractivity contribution in [2.24, 2.45) is 5.73 Å². The molecule has 1 unspecified atom stereocenters. The Morgan fingerprint density at radius 1 is 1.31 bits per heavy atom. The van der Waals surface area contributed by atoms with Crippen molar-refractivity contribution in [3.8, 4) is 5.75 Å². The third kappa shape index (κ3) is 2.72. The Labute approximate surface area is 96.1 Å². The monoisotopic (exact) mass is 221 g/mol. The first kappa shape index (κ1) is 11.4. The van der Waals surface area contributed by atoms with E-state index in [1.54, 1.807) is 6.07 Å². The van der Waals surface area contributed by atoms with Crippen molar-refractivity contribution in [2.45, 2.75) is 6.04 Å². The van der Waals surface area contributed by atoms with Crippen molar-refractivity contribution in [1.29, 1.82) is 0 Å². The number of nitrogens with one attached hydrogen (secondary N) is 1. The van der Waals surface area contributed by atoms with Crippen molar-refractivity contribution in [2.75, 3.05) is 32.7 Å². The molecule has 2 rings (SSSR count). The number of nitrogens with two attached hydrogens (primary N) is 1. The summed E-state index contributed by atoms with van der Waals surface area (Å²) in [7, 11) is 0. The van der Waals surface area contributed by atoms with E-state index in [0.717, 1.165) is 38.3 Å². The van der Waals surface area contributed by atoms with Crippen LogP contribution in [0, 0.1) is 0 Å². The minimum Gasteiger partial charge on any atom is -0.508 e. The summed E-state index contributed by atoms with van der Waals surface area (Å²) in [4.78, 5) is 2.33. The summed E-state index contributed by atoms with van der Waals surface area (Å²) in [5.41, 5.74) is 6.94. The highest BCUT2D eigenvalue weighted by Crippen LogP contribution is 2.22. The van der Waals surface area contributed by atoms with Crippen LogP contribution in [0.2, 0.25) is 0 Å². The standard InChI is InChI=1S/C12H19N3O/c13-11(9-15-7-5-14-6-8-15)10-3-1-2-4-12(10)16/h1-4,11,14,16H,5-9,13H2. The Kier molecular flexibility index (Phi) is 3.77. The Hall–Kier alpha value is -1.10. The summed E-state index contributed by atoms with van der Waals surface area (Å²) in [6.45, 7) is 4.91. The molecule has 4 N–H and O–H groups in total. The molecular formula is C12H19N3O. The van der Waals surface area contributed by atoms with Crippen molar-refractivity contribution in [1.82, 2.24) is 10.2 Å². The molecule has 4 heteroatoms. The van der Waals surface area contributed by atoms with E-state index in [4.69, 9.17) is 5.73 Å². The molecule has 88 valence electrons. The van der Waals surface area contributed by atoms with E-state index in [9.17, 15) is 5.11 Å². The second-order valence-electron chi connectivity index (χ2n) is 4.22. The average Bonchev–Trinajstić information content (AvgIpc) is 2.31. The number of hydrogen-bond acceptors (Lipinski definition) is 4. The van der Waals surface area contributed by atoms with E-state index in [1.165, 1.54) is 0 Å². The number of nitrogens with zero attached hydrogens (tertiary/aromatic N) is 1. The van der Waals surface area contributed by atoms with Gasteiger partial charge in [-0.05, 0) is 6.07 Å². The van der Waals surface area contributed by atoms with Gasteiger partial charge in [0.25, 0.3) is 0 Å². The SMILES string of the molecule is NC(CN1CCNCC1)c1ccccc1O. The lowest BCUT2D eigenvalue weighted by atomic mass is 10.1. The van der Waals surface area contributed by atoms with Crippen LogP contribution in [0.4, 0.5) is 0 Å². The molecule has 1 atom stereocenters. The molecule has 0 aromatic heterocycles. The average molecular weight is 221 g/mol. The predicted molar refractivity (Wildman–Crippen MR) is 64.3 cm³/mol. The van der Waals surface area contributed by atoms with Crippen LogP contribution in [-0.2, 0) is 0 Å². The predicted octanol–water partition coefficient (Wildman–Crippen LogP) is 0.297. The normalized spacial score (nSPS) is 19.6. The molecular weight excluding hydrogens is 202 g/mol. The van der Waals surface area contributed by atoms with Crippen LogP contribution in [0.25, 0.3) is 0 Å². The lowest BCUT2D eigenvalue weighted by molar-refractivity contribution is 0.227. The van der Waals surface area contributed by atoms with E-state index >= 15 is 0 Å². The lowest BCUT2D eigenvalue weighted by Gasteiger charge is -2.29. The highest BCUT2D eigenvalue weighted by atomic mass is 16.3. The van der Waals surface area contributed by atoms with Crippen LogP contribution >= 0.6 is 0 Å². The van der Waals surface area contributed by atoms with Crippen molar-refractivity contribution in [3.05, 3.63) is 29.8 Å². The van der Waals surface area contributed by atoms with Crippen molar-refractivity contribution < 1.29 is 5.11 Å². The van der Waals surface area contributed by atoms with Gasteiger partial charge in [0.2, 0.25) is 0 Å². The minimum atomic E-state index is -0.112. The number of phenolic OH excluding ortho intramolecular Hbond substituents is 1. The van der Waals surface area contributed by atoms with Gasteiger partial charge in [0.05, 0.1) is 0 Å². The van der Waals surface area contributed by atoms with E-state index in [0.29, 0.717) is 5.75 Å². The molecule has 1 aliphatic heterocycles. The second-order valence-corrected chi connectivity index (χ2v) is 4.22. The summed E-state index contributed by atoms with van der Waals surface area (Å²) in [6, 6.07) is 7.19. The molecule has 4 nitrogen and oxygen atoms in total. The highest BCUT2D eigenvalue weighted by molar-refractivity contribution is 5.34. The molecule has 1 saturated heterocycles. The van der Waals surface area contributed by atoms with Crippen LogP contribution in [0.3, 0.4) is 0 Å². The fraction of sp³-hybridized carbons (Fsp3) is 0.500. The first-order chi connectivity index (χ1) is 7.77. The molecule has 1 aromatic rings. The largest absolute Gasteiger partial charge is 0.508 e. The second kappa shape index (κ2) is 5.30. The number of phenols is 1. The zero-order chi connectivity index (χ0) is 11.4. The number of rotatable bonds is 3. The van der Waals surface area contributed by atoms with E-state index in [-0.39, 0.29) is 6.04 Å². The van der Waals surface area contributed by atoms with Crippen LogP contribution in [0.5, 0.6) is 5.75 Å². The van der Waals surface area contributed by atoms with Gasteiger partial charge in [-0.1, -0.05) is 18.2 Å². The van der Waals surface area contributed by atoms with Gasteiger partial charge >= 0.3 is 0 Å². The molecule has 0 spiro atoms. The molecule has 0 radical (unpaired) electrons. The molecule has 0 amide bonds. The first-order valence-corrected chi connectivity index (χ1v) is 5.74. The van der Waals surface area contributed by atoms with Crippen molar-refractivity contribution in [3.63, 3.8) is 0 Å². The molecule has 16 heavy (non-hydrogen) atoms. The molecule has 1 heterocycles. The van der Waals surface area contributed by atoms with Gasteiger partial charge in [-0.15, -0.1) is 0 Å².